The largest absolute Gasteiger partial charge is 0.397 e. The van der Waals surface area contributed by atoms with Gasteiger partial charge in [-0.3, -0.25) is 9.69 Å². The quantitative estimate of drug-likeness (QED) is 0.825. The van der Waals surface area contributed by atoms with Gasteiger partial charge in [0.25, 0.3) is 5.91 Å². The van der Waals surface area contributed by atoms with E-state index < -0.39 is 5.82 Å². The SMILES string of the molecule is CCN1CCC[C@@H]1CNC(=O)c1cc(F)cc(Br)c1N. The number of carbonyl (C=O) groups is 1. The van der Waals surface area contributed by atoms with Crippen molar-refractivity contribution in [1.29, 1.82) is 0 Å². The number of carbonyl (C=O) groups excluding carboxylic acids is 1. The van der Waals surface area contributed by atoms with E-state index in [1.54, 1.807) is 0 Å². The molecule has 6 heteroatoms. The molecule has 0 radical (unpaired) electrons. The number of anilines is 1. The number of nitrogens with two attached hydrogens (primary N) is 1. The number of benzene rings is 1. The van der Waals surface area contributed by atoms with Crippen molar-refractivity contribution in [2.75, 3.05) is 25.4 Å². The molecule has 2 rings (SSSR count). The summed E-state index contributed by atoms with van der Waals surface area (Å²) in [6, 6.07) is 2.78. The lowest BCUT2D eigenvalue weighted by Crippen LogP contribution is -2.40. The number of nitrogens with zero attached hydrogens (tertiary/aromatic N) is 1. The van der Waals surface area contributed by atoms with Crippen molar-refractivity contribution >= 4 is 27.5 Å². The summed E-state index contributed by atoms with van der Waals surface area (Å²) < 4.78 is 13.8. The second-order valence-corrected chi connectivity index (χ2v) is 5.84. The van der Waals surface area contributed by atoms with Crippen LogP contribution in [0.15, 0.2) is 16.6 Å². The fourth-order valence-corrected chi connectivity index (χ4v) is 3.05. The summed E-state index contributed by atoms with van der Waals surface area (Å²) in [7, 11) is 0. The van der Waals surface area contributed by atoms with Crippen LogP contribution in [-0.2, 0) is 0 Å². The Morgan fingerprint density at radius 2 is 2.35 bits per heavy atom. The Labute approximate surface area is 126 Å². The minimum atomic E-state index is -0.479. The molecule has 0 bridgehead atoms. The van der Waals surface area contributed by atoms with E-state index in [1.807, 2.05) is 0 Å². The van der Waals surface area contributed by atoms with Gasteiger partial charge in [-0.2, -0.15) is 0 Å². The Morgan fingerprint density at radius 1 is 1.60 bits per heavy atom. The maximum atomic E-state index is 13.4. The van der Waals surface area contributed by atoms with Gasteiger partial charge in [-0.05, 0) is 54.0 Å². The van der Waals surface area contributed by atoms with Gasteiger partial charge in [0.05, 0.1) is 11.3 Å². The predicted octanol–water partition coefficient (Wildman–Crippen LogP) is 2.38. The molecule has 1 atom stereocenters. The number of hydrogen-bond donors (Lipinski definition) is 2. The number of likely N-dealkylation sites (tertiary alicyclic amines) is 1. The lowest BCUT2D eigenvalue weighted by atomic mass is 10.1. The topological polar surface area (TPSA) is 58.4 Å². The summed E-state index contributed by atoms with van der Waals surface area (Å²) >= 11 is 3.15. The first-order chi connectivity index (χ1) is 9.52. The molecule has 3 N–H and O–H groups in total. The van der Waals surface area contributed by atoms with Crippen molar-refractivity contribution in [1.82, 2.24) is 10.2 Å². The number of halogens is 2. The third kappa shape index (κ3) is 3.30. The van der Waals surface area contributed by atoms with Crippen LogP contribution >= 0.6 is 15.9 Å². The first-order valence-electron chi connectivity index (χ1n) is 6.79. The zero-order chi connectivity index (χ0) is 14.7. The van der Waals surface area contributed by atoms with Gasteiger partial charge in [-0.1, -0.05) is 6.92 Å². The molecule has 0 saturated carbocycles. The molecule has 0 spiro atoms. The average molecular weight is 344 g/mol. The highest BCUT2D eigenvalue weighted by molar-refractivity contribution is 9.10. The standard InChI is InChI=1S/C14H19BrFN3O/c1-2-19-5-3-4-10(19)8-18-14(20)11-6-9(16)7-12(15)13(11)17/h6-7,10H,2-5,8,17H2,1H3,(H,18,20)/t10-/m1/s1. The molecular formula is C14H19BrFN3O. The minimum absolute atomic E-state index is 0.179. The normalized spacial score (nSPS) is 19.2. The maximum absolute atomic E-state index is 13.4. The number of rotatable bonds is 4. The number of amides is 1. The molecule has 1 amide bonds. The summed E-state index contributed by atoms with van der Waals surface area (Å²) in [5.74, 6) is -0.807. The molecule has 4 nitrogen and oxygen atoms in total. The first kappa shape index (κ1) is 15.3. The van der Waals surface area contributed by atoms with E-state index in [4.69, 9.17) is 5.73 Å². The van der Waals surface area contributed by atoms with E-state index in [0.717, 1.165) is 25.9 Å². The molecule has 1 saturated heterocycles. The number of nitrogen functional groups attached to an aromatic ring is 1. The van der Waals surface area contributed by atoms with Crippen LogP contribution in [0.25, 0.3) is 0 Å². The zero-order valence-electron chi connectivity index (χ0n) is 11.5. The Balaban J connectivity index is 2.02. The Morgan fingerprint density at radius 3 is 3.05 bits per heavy atom. The third-order valence-electron chi connectivity index (χ3n) is 3.74. The van der Waals surface area contributed by atoms with Crippen LogP contribution in [0.5, 0.6) is 0 Å². The molecule has 1 aliphatic rings. The molecule has 1 aromatic carbocycles. The van der Waals surface area contributed by atoms with Crippen molar-refractivity contribution in [3.05, 3.63) is 28.0 Å². The van der Waals surface area contributed by atoms with Crippen LogP contribution in [0, 0.1) is 5.82 Å². The van der Waals surface area contributed by atoms with E-state index in [9.17, 15) is 9.18 Å². The molecule has 0 unspecified atom stereocenters. The lowest BCUT2D eigenvalue weighted by molar-refractivity contribution is 0.0942. The van der Waals surface area contributed by atoms with Crippen LogP contribution in [0.1, 0.15) is 30.1 Å². The average Bonchev–Trinajstić information content (AvgIpc) is 2.87. The molecular weight excluding hydrogens is 325 g/mol. The van der Waals surface area contributed by atoms with Gasteiger partial charge in [0.15, 0.2) is 0 Å². The number of hydrogen-bond acceptors (Lipinski definition) is 3. The van der Waals surface area contributed by atoms with E-state index >= 15 is 0 Å². The summed E-state index contributed by atoms with van der Waals surface area (Å²) in [5, 5.41) is 2.85. The summed E-state index contributed by atoms with van der Waals surface area (Å²) in [6.07, 6.45) is 2.23. The maximum Gasteiger partial charge on any atom is 0.253 e. The molecule has 20 heavy (non-hydrogen) atoms. The number of nitrogens with one attached hydrogen (secondary N) is 1. The van der Waals surface area contributed by atoms with Crippen molar-refractivity contribution in [3.63, 3.8) is 0 Å². The smallest absolute Gasteiger partial charge is 0.253 e. The zero-order valence-corrected chi connectivity index (χ0v) is 13.0. The highest BCUT2D eigenvalue weighted by Gasteiger charge is 2.24. The Bertz CT molecular complexity index is 509. The molecule has 1 aliphatic heterocycles. The highest BCUT2D eigenvalue weighted by atomic mass is 79.9. The molecule has 110 valence electrons. The van der Waals surface area contributed by atoms with Gasteiger partial charge in [-0.25, -0.2) is 4.39 Å². The fraction of sp³-hybridized carbons (Fsp3) is 0.500. The summed E-state index contributed by atoms with van der Waals surface area (Å²) in [6.45, 7) is 4.74. The minimum Gasteiger partial charge on any atom is -0.397 e. The van der Waals surface area contributed by atoms with Gasteiger partial charge >= 0.3 is 0 Å². The predicted molar refractivity (Wildman–Crippen MR) is 81.1 cm³/mol. The van der Waals surface area contributed by atoms with Crippen molar-refractivity contribution in [3.8, 4) is 0 Å². The lowest BCUT2D eigenvalue weighted by Gasteiger charge is -2.23. The third-order valence-corrected chi connectivity index (χ3v) is 4.40. The van der Waals surface area contributed by atoms with Crippen molar-refractivity contribution in [2.24, 2.45) is 0 Å². The van der Waals surface area contributed by atoms with Gasteiger partial charge < -0.3 is 11.1 Å². The fourth-order valence-electron chi connectivity index (χ4n) is 2.62. The molecule has 0 aromatic heterocycles. The second-order valence-electron chi connectivity index (χ2n) is 4.98. The molecule has 1 aromatic rings. The summed E-state index contributed by atoms with van der Waals surface area (Å²) in [4.78, 5) is 14.5. The molecule has 0 aliphatic carbocycles. The van der Waals surface area contributed by atoms with Crippen LogP contribution in [0.3, 0.4) is 0 Å². The van der Waals surface area contributed by atoms with Crippen LogP contribution in [-0.4, -0.2) is 36.5 Å². The van der Waals surface area contributed by atoms with Crippen molar-refractivity contribution < 1.29 is 9.18 Å². The van der Waals surface area contributed by atoms with Crippen molar-refractivity contribution in [2.45, 2.75) is 25.8 Å². The van der Waals surface area contributed by atoms with Crippen LogP contribution in [0.2, 0.25) is 0 Å². The molecule has 1 heterocycles. The van der Waals surface area contributed by atoms with Crippen LogP contribution in [0.4, 0.5) is 10.1 Å². The van der Waals surface area contributed by atoms with E-state index in [1.165, 1.54) is 12.1 Å². The van der Waals surface area contributed by atoms with Gasteiger partial charge in [-0.15, -0.1) is 0 Å². The highest BCUT2D eigenvalue weighted by Crippen LogP contribution is 2.25. The van der Waals surface area contributed by atoms with Gasteiger partial charge in [0.2, 0.25) is 0 Å². The first-order valence-corrected chi connectivity index (χ1v) is 7.59. The molecule has 1 fully saturated rings. The second kappa shape index (κ2) is 6.54. The monoisotopic (exact) mass is 343 g/mol. The van der Waals surface area contributed by atoms with E-state index in [2.05, 4.69) is 33.1 Å². The van der Waals surface area contributed by atoms with E-state index in [-0.39, 0.29) is 17.2 Å². The van der Waals surface area contributed by atoms with E-state index in [0.29, 0.717) is 17.1 Å². The van der Waals surface area contributed by atoms with Gasteiger partial charge in [0, 0.05) is 17.1 Å². The summed E-state index contributed by atoms with van der Waals surface area (Å²) in [5.41, 5.74) is 6.25. The number of likely N-dealkylation sites (N-methyl/N-ethyl adjacent to an activating group) is 1. The Hall–Kier alpha value is -1.14. The Kier molecular flexibility index (Phi) is 4.99. The van der Waals surface area contributed by atoms with Gasteiger partial charge in [0.1, 0.15) is 5.82 Å². The van der Waals surface area contributed by atoms with Crippen LogP contribution < -0.4 is 11.1 Å².